The predicted molar refractivity (Wildman–Crippen MR) is 76.4 cm³/mol. The molecule has 0 bridgehead atoms. The van der Waals surface area contributed by atoms with Gasteiger partial charge in [0.25, 0.3) is 0 Å². The van der Waals surface area contributed by atoms with Gasteiger partial charge in [-0.15, -0.1) is 0 Å². The quantitative estimate of drug-likeness (QED) is 0.894. The van der Waals surface area contributed by atoms with E-state index in [0.29, 0.717) is 32.7 Å². The summed E-state index contributed by atoms with van der Waals surface area (Å²) in [6.45, 7) is 0.292. The molecule has 0 unspecified atom stereocenters. The SMILES string of the molecule is NCc1c(Cl)cccc1Oc1ncc(Cl)cc1Br. The lowest BCUT2D eigenvalue weighted by molar-refractivity contribution is 0.454. The van der Waals surface area contributed by atoms with Gasteiger partial charge < -0.3 is 10.5 Å². The zero-order valence-corrected chi connectivity index (χ0v) is 12.3. The largest absolute Gasteiger partial charge is 0.437 e. The van der Waals surface area contributed by atoms with Gasteiger partial charge in [0.15, 0.2) is 0 Å². The first-order valence-electron chi connectivity index (χ1n) is 5.08. The number of hydrogen-bond donors (Lipinski definition) is 1. The molecule has 0 amide bonds. The van der Waals surface area contributed by atoms with E-state index in [0.717, 1.165) is 5.56 Å². The van der Waals surface area contributed by atoms with Crippen molar-refractivity contribution < 1.29 is 4.74 Å². The number of rotatable bonds is 3. The predicted octanol–water partition coefficient (Wildman–Crippen LogP) is 4.40. The van der Waals surface area contributed by atoms with Crippen LogP contribution in [0.4, 0.5) is 0 Å². The fourth-order valence-corrected chi connectivity index (χ4v) is 2.38. The van der Waals surface area contributed by atoms with Crippen LogP contribution in [0.5, 0.6) is 11.6 Å². The van der Waals surface area contributed by atoms with Crippen LogP contribution in [0.1, 0.15) is 5.56 Å². The van der Waals surface area contributed by atoms with Gasteiger partial charge in [0.1, 0.15) is 5.75 Å². The lowest BCUT2D eigenvalue weighted by Gasteiger charge is -2.11. The second kappa shape index (κ2) is 5.89. The van der Waals surface area contributed by atoms with Crippen LogP contribution in [0.15, 0.2) is 34.9 Å². The van der Waals surface area contributed by atoms with E-state index in [-0.39, 0.29) is 0 Å². The van der Waals surface area contributed by atoms with Crippen molar-refractivity contribution in [1.82, 2.24) is 4.98 Å². The van der Waals surface area contributed by atoms with Gasteiger partial charge in [0.05, 0.1) is 9.50 Å². The maximum Gasteiger partial charge on any atom is 0.233 e. The van der Waals surface area contributed by atoms with Crippen LogP contribution in [0.3, 0.4) is 0 Å². The summed E-state index contributed by atoms with van der Waals surface area (Å²) >= 11 is 15.2. The summed E-state index contributed by atoms with van der Waals surface area (Å²) in [5.41, 5.74) is 6.39. The molecule has 2 aromatic rings. The molecule has 0 fully saturated rings. The molecule has 6 heteroatoms. The van der Waals surface area contributed by atoms with Gasteiger partial charge in [-0.3, -0.25) is 0 Å². The van der Waals surface area contributed by atoms with Crippen molar-refractivity contribution >= 4 is 39.1 Å². The van der Waals surface area contributed by atoms with Crippen LogP contribution >= 0.6 is 39.1 Å². The van der Waals surface area contributed by atoms with E-state index in [1.54, 1.807) is 24.3 Å². The Morgan fingerprint density at radius 2 is 2.11 bits per heavy atom. The summed E-state index contributed by atoms with van der Waals surface area (Å²) < 4.78 is 6.35. The summed E-state index contributed by atoms with van der Waals surface area (Å²) in [5.74, 6) is 0.997. The van der Waals surface area contributed by atoms with Crippen LogP contribution in [0.2, 0.25) is 10.0 Å². The third-order valence-electron chi connectivity index (χ3n) is 2.26. The normalized spacial score (nSPS) is 10.4. The average molecular weight is 348 g/mol. The number of halogens is 3. The monoisotopic (exact) mass is 346 g/mol. The Bertz CT molecular complexity index is 578. The Morgan fingerprint density at radius 3 is 2.78 bits per heavy atom. The molecule has 1 aromatic carbocycles. The molecule has 3 nitrogen and oxygen atoms in total. The molecular weight excluding hydrogens is 339 g/mol. The molecular formula is C12H9BrCl2N2O. The Labute approximate surface area is 123 Å². The fraction of sp³-hybridized carbons (Fsp3) is 0.0833. The number of ether oxygens (including phenoxy) is 1. The van der Waals surface area contributed by atoms with Gasteiger partial charge in [-0.05, 0) is 34.1 Å². The zero-order chi connectivity index (χ0) is 13.1. The Hall–Kier alpha value is -0.810. The molecule has 2 rings (SSSR count). The van der Waals surface area contributed by atoms with Gasteiger partial charge in [0.2, 0.25) is 5.88 Å². The highest BCUT2D eigenvalue weighted by molar-refractivity contribution is 9.10. The Kier molecular flexibility index (Phi) is 4.45. The third kappa shape index (κ3) is 2.95. The number of benzene rings is 1. The highest BCUT2D eigenvalue weighted by Gasteiger charge is 2.10. The van der Waals surface area contributed by atoms with Crippen molar-refractivity contribution in [2.24, 2.45) is 5.73 Å². The van der Waals surface area contributed by atoms with Gasteiger partial charge in [-0.2, -0.15) is 0 Å². The topological polar surface area (TPSA) is 48.1 Å². The minimum atomic E-state index is 0.292. The van der Waals surface area contributed by atoms with E-state index < -0.39 is 0 Å². The molecule has 0 radical (unpaired) electrons. The van der Waals surface area contributed by atoms with Gasteiger partial charge in [-0.25, -0.2) is 4.98 Å². The van der Waals surface area contributed by atoms with Crippen LogP contribution in [0.25, 0.3) is 0 Å². The zero-order valence-electron chi connectivity index (χ0n) is 9.16. The standard InChI is InChI=1S/C12H9BrCl2N2O/c13-9-4-7(14)6-17-12(9)18-11-3-1-2-10(15)8(11)5-16/h1-4,6H,5,16H2. The molecule has 0 spiro atoms. The van der Waals surface area contributed by atoms with Gasteiger partial charge in [-0.1, -0.05) is 29.3 Å². The Morgan fingerprint density at radius 1 is 1.33 bits per heavy atom. The number of aromatic nitrogens is 1. The van der Waals surface area contributed by atoms with E-state index in [4.69, 9.17) is 33.7 Å². The summed E-state index contributed by atoms with van der Waals surface area (Å²) in [6, 6.07) is 7.05. The average Bonchev–Trinajstić information content (AvgIpc) is 2.33. The van der Waals surface area contributed by atoms with E-state index in [9.17, 15) is 0 Å². The first-order chi connectivity index (χ1) is 8.61. The number of pyridine rings is 1. The molecule has 0 saturated carbocycles. The van der Waals surface area contributed by atoms with Crippen LogP contribution in [-0.4, -0.2) is 4.98 Å². The van der Waals surface area contributed by atoms with E-state index in [1.165, 1.54) is 6.20 Å². The van der Waals surface area contributed by atoms with Crippen molar-refractivity contribution in [3.05, 3.63) is 50.5 Å². The lowest BCUT2D eigenvalue weighted by Crippen LogP contribution is -2.01. The van der Waals surface area contributed by atoms with Crippen molar-refractivity contribution in [3.63, 3.8) is 0 Å². The summed E-state index contributed by atoms with van der Waals surface area (Å²) in [7, 11) is 0. The first kappa shape index (κ1) is 13.6. The maximum absolute atomic E-state index is 6.05. The number of nitrogens with zero attached hydrogens (tertiary/aromatic N) is 1. The number of nitrogens with two attached hydrogens (primary N) is 1. The van der Waals surface area contributed by atoms with E-state index in [1.807, 2.05) is 0 Å². The van der Waals surface area contributed by atoms with E-state index in [2.05, 4.69) is 20.9 Å². The minimum Gasteiger partial charge on any atom is -0.437 e. The minimum absolute atomic E-state index is 0.292. The molecule has 0 atom stereocenters. The molecule has 18 heavy (non-hydrogen) atoms. The van der Waals surface area contributed by atoms with Crippen molar-refractivity contribution in [2.75, 3.05) is 0 Å². The molecule has 0 aliphatic carbocycles. The summed E-state index contributed by atoms with van der Waals surface area (Å²) in [4.78, 5) is 4.09. The second-order valence-electron chi connectivity index (χ2n) is 3.46. The third-order valence-corrected chi connectivity index (χ3v) is 3.39. The molecule has 0 aliphatic rings. The van der Waals surface area contributed by atoms with Crippen LogP contribution in [-0.2, 0) is 6.54 Å². The highest BCUT2D eigenvalue weighted by Crippen LogP contribution is 2.33. The first-order valence-corrected chi connectivity index (χ1v) is 6.63. The van der Waals surface area contributed by atoms with E-state index >= 15 is 0 Å². The molecule has 1 aromatic heterocycles. The summed E-state index contributed by atoms with van der Waals surface area (Å²) in [6.07, 6.45) is 1.51. The van der Waals surface area contributed by atoms with Gasteiger partial charge >= 0.3 is 0 Å². The smallest absolute Gasteiger partial charge is 0.233 e. The van der Waals surface area contributed by atoms with Crippen molar-refractivity contribution in [2.45, 2.75) is 6.54 Å². The summed E-state index contributed by atoms with van der Waals surface area (Å²) in [5, 5.41) is 1.10. The Balaban J connectivity index is 2.37. The van der Waals surface area contributed by atoms with Crippen LogP contribution in [0, 0.1) is 0 Å². The molecule has 94 valence electrons. The van der Waals surface area contributed by atoms with Crippen molar-refractivity contribution in [3.8, 4) is 11.6 Å². The highest BCUT2D eigenvalue weighted by atomic mass is 79.9. The molecule has 2 N–H and O–H groups in total. The number of hydrogen-bond acceptors (Lipinski definition) is 3. The fourth-order valence-electron chi connectivity index (χ4n) is 1.41. The van der Waals surface area contributed by atoms with Crippen LogP contribution < -0.4 is 10.5 Å². The lowest BCUT2D eigenvalue weighted by atomic mass is 10.2. The van der Waals surface area contributed by atoms with Gasteiger partial charge in [0, 0.05) is 23.3 Å². The molecule has 1 heterocycles. The molecule has 0 saturated heterocycles. The maximum atomic E-state index is 6.05. The second-order valence-corrected chi connectivity index (χ2v) is 5.16. The van der Waals surface area contributed by atoms with Crippen molar-refractivity contribution in [1.29, 1.82) is 0 Å². The molecule has 0 aliphatic heterocycles.